The van der Waals surface area contributed by atoms with Gasteiger partial charge in [-0.25, -0.2) is 13.8 Å². The number of fused-ring (bicyclic) bond motifs is 1. The average molecular weight is 418 g/mol. The molecule has 4 rings (SSSR count). The molecule has 1 amide bonds. The summed E-state index contributed by atoms with van der Waals surface area (Å²) in [5.41, 5.74) is 0.720. The van der Waals surface area contributed by atoms with E-state index in [9.17, 15) is 13.6 Å². The summed E-state index contributed by atoms with van der Waals surface area (Å²) in [6.07, 6.45) is 2.18. The second kappa shape index (κ2) is 8.42. The Bertz CT molecular complexity index is 1020. The fourth-order valence-electron chi connectivity index (χ4n) is 3.42. The smallest absolute Gasteiger partial charge is 0.251 e. The lowest BCUT2D eigenvalue weighted by Crippen LogP contribution is -2.40. The standard InChI is InChI=1S/C19H20F2N6OS/c1-11-25-26-19(29-11)15-6-13-7-17(23-9-14(13)8-22-15)24-18(28)12-2-4-27(5-3-12)10-16(20)21/h6-9,12,16H,2-5,10H2,1H3,(H,23,24,28). The molecular weight excluding hydrogens is 398 g/mol. The summed E-state index contributed by atoms with van der Waals surface area (Å²) >= 11 is 1.47. The number of carbonyl (C=O) groups is 1. The fourth-order valence-corrected chi connectivity index (χ4v) is 4.08. The molecule has 0 aliphatic carbocycles. The molecule has 29 heavy (non-hydrogen) atoms. The van der Waals surface area contributed by atoms with E-state index >= 15 is 0 Å². The Hall–Kier alpha value is -2.59. The highest BCUT2D eigenvalue weighted by atomic mass is 32.1. The van der Waals surface area contributed by atoms with Crippen molar-refractivity contribution in [3.8, 4) is 10.7 Å². The first-order chi connectivity index (χ1) is 14.0. The minimum Gasteiger partial charge on any atom is -0.310 e. The maximum Gasteiger partial charge on any atom is 0.251 e. The lowest BCUT2D eigenvalue weighted by Gasteiger charge is -2.30. The molecule has 7 nitrogen and oxygen atoms in total. The Kier molecular flexibility index (Phi) is 5.72. The van der Waals surface area contributed by atoms with Crippen molar-refractivity contribution in [1.82, 2.24) is 25.1 Å². The normalized spacial score (nSPS) is 15.9. The molecule has 1 fully saturated rings. The number of halogens is 2. The van der Waals surface area contributed by atoms with Crippen LogP contribution in [-0.4, -0.2) is 57.0 Å². The molecule has 1 aliphatic heterocycles. The van der Waals surface area contributed by atoms with Gasteiger partial charge in [-0.3, -0.25) is 14.7 Å². The molecule has 4 heterocycles. The predicted molar refractivity (Wildman–Crippen MR) is 107 cm³/mol. The third-order valence-corrected chi connectivity index (χ3v) is 5.82. The number of anilines is 1. The molecular formula is C19H20F2N6OS. The fraction of sp³-hybridized carbons (Fsp3) is 0.421. The van der Waals surface area contributed by atoms with Crippen LogP contribution in [0.1, 0.15) is 17.8 Å². The lowest BCUT2D eigenvalue weighted by atomic mass is 9.96. The van der Waals surface area contributed by atoms with E-state index < -0.39 is 6.43 Å². The maximum absolute atomic E-state index is 12.6. The first kappa shape index (κ1) is 19.7. The molecule has 0 atom stereocenters. The van der Waals surface area contributed by atoms with Gasteiger partial charge in [0.1, 0.15) is 16.5 Å². The predicted octanol–water partition coefficient (Wildman–Crippen LogP) is 3.37. The molecule has 152 valence electrons. The van der Waals surface area contributed by atoms with E-state index in [2.05, 4.69) is 25.5 Å². The number of likely N-dealkylation sites (tertiary alicyclic amines) is 1. The van der Waals surface area contributed by atoms with Gasteiger partial charge in [0.25, 0.3) is 6.43 Å². The molecule has 3 aromatic heterocycles. The van der Waals surface area contributed by atoms with E-state index in [0.717, 1.165) is 26.5 Å². The van der Waals surface area contributed by atoms with E-state index in [-0.39, 0.29) is 18.4 Å². The first-order valence-corrected chi connectivity index (χ1v) is 10.2. The highest BCUT2D eigenvalue weighted by Crippen LogP contribution is 2.26. The van der Waals surface area contributed by atoms with Crippen molar-refractivity contribution in [2.24, 2.45) is 5.92 Å². The summed E-state index contributed by atoms with van der Waals surface area (Å²) in [6.45, 7) is 2.66. The van der Waals surface area contributed by atoms with Crippen molar-refractivity contribution in [3.63, 3.8) is 0 Å². The Balaban J connectivity index is 1.44. The lowest BCUT2D eigenvalue weighted by molar-refractivity contribution is -0.121. The summed E-state index contributed by atoms with van der Waals surface area (Å²) < 4.78 is 25.0. The summed E-state index contributed by atoms with van der Waals surface area (Å²) in [5, 5.41) is 14.3. The second-order valence-corrected chi connectivity index (χ2v) is 8.25. The van der Waals surface area contributed by atoms with Crippen molar-refractivity contribution < 1.29 is 13.6 Å². The summed E-state index contributed by atoms with van der Waals surface area (Å²) in [4.78, 5) is 23.0. The molecule has 0 saturated carbocycles. The van der Waals surface area contributed by atoms with Crippen LogP contribution in [0.5, 0.6) is 0 Å². The van der Waals surface area contributed by atoms with Crippen LogP contribution < -0.4 is 5.32 Å². The SMILES string of the molecule is Cc1nnc(-c2cc3cc(NC(=O)C4CCN(CC(F)F)CC4)ncc3cn2)s1. The van der Waals surface area contributed by atoms with Crippen molar-refractivity contribution in [1.29, 1.82) is 0 Å². The van der Waals surface area contributed by atoms with Gasteiger partial charge in [-0.05, 0) is 50.4 Å². The van der Waals surface area contributed by atoms with Crippen LogP contribution in [0, 0.1) is 12.8 Å². The number of nitrogens with zero attached hydrogens (tertiary/aromatic N) is 5. The topological polar surface area (TPSA) is 83.9 Å². The monoisotopic (exact) mass is 418 g/mol. The van der Waals surface area contributed by atoms with Crippen molar-refractivity contribution in [2.75, 3.05) is 25.0 Å². The van der Waals surface area contributed by atoms with E-state index in [1.54, 1.807) is 23.4 Å². The zero-order chi connectivity index (χ0) is 20.4. The highest BCUT2D eigenvalue weighted by molar-refractivity contribution is 7.14. The molecule has 0 radical (unpaired) electrons. The molecule has 0 bridgehead atoms. The van der Waals surface area contributed by atoms with Gasteiger partial charge in [0.05, 0.1) is 6.54 Å². The van der Waals surface area contributed by atoms with Gasteiger partial charge in [0.15, 0.2) is 5.01 Å². The van der Waals surface area contributed by atoms with Crippen LogP contribution in [0.3, 0.4) is 0 Å². The molecule has 1 saturated heterocycles. The van der Waals surface area contributed by atoms with E-state index in [1.807, 2.05) is 13.0 Å². The van der Waals surface area contributed by atoms with Gasteiger partial charge in [-0.1, -0.05) is 11.3 Å². The largest absolute Gasteiger partial charge is 0.310 e. The van der Waals surface area contributed by atoms with Gasteiger partial charge in [-0.15, -0.1) is 10.2 Å². The van der Waals surface area contributed by atoms with Crippen molar-refractivity contribution >= 4 is 33.8 Å². The number of hydrogen-bond acceptors (Lipinski definition) is 7. The Morgan fingerprint density at radius 1 is 1.21 bits per heavy atom. The van der Waals surface area contributed by atoms with Crippen molar-refractivity contribution in [2.45, 2.75) is 26.2 Å². The van der Waals surface area contributed by atoms with Crippen LogP contribution in [-0.2, 0) is 4.79 Å². The average Bonchev–Trinajstić information content (AvgIpc) is 3.14. The number of carbonyl (C=O) groups excluding carboxylic acids is 1. The van der Waals surface area contributed by atoms with Gasteiger partial charge in [-0.2, -0.15) is 0 Å². The first-order valence-electron chi connectivity index (χ1n) is 9.35. The highest BCUT2D eigenvalue weighted by Gasteiger charge is 2.26. The number of amides is 1. The molecule has 0 unspecified atom stereocenters. The number of hydrogen-bond donors (Lipinski definition) is 1. The van der Waals surface area contributed by atoms with Crippen LogP contribution >= 0.6 is 11.3 Å². The molecule has 10 heteroatoms. The Labute approximate surface area is 170 Å². The van der Waals surface area contributed by atoms with E-state index in [4.69, 9.17) is 0 Å². The Morgan fingerprint density at radius 2 is 1.97 bits per heavy atom. The zero-order valence-electron chi connectivity index (χ0n) is 15.8. The third-order valence-electron chi connectivity index (χ3n) is 4.95. The van der Waals surface area contributed by atoms with Gasteiger partial charge in [0.2, 0.25) is 5.91 Å². The molecule has 3 aromatic rings. The van der Waals surface area contributed by atoms with Crippen LogP contribution in [0.15, 0.2) is 24.5 Å². The molecule has 1 aliphatic rings. The number of piperidine rings is 1. The van der Waals surface area contributed by atoms with Gasteiger partial charge in [0, 0.05) is 23.7 Å². The van der Waals surface area contributed by atoms with Crippen molar-refractivity contribution in [3.05, 3.63) is 29.5 Å². The summed E-state index contributed by atoms with van der Waals surface area (Å²) in [5.74, 6) is 0.143. The minimum atomic E-state index is -2.34. The maximum atomic E-state index is 12.6. The van der Waals surface area contributed by atoms with Crippen LogP contribution in [0.25, 0.3) is 21.5 Å². The molecule has 1 N–H and O–H groups in total. The summed E-state index contributed by atoms with van der Waals surface area (Å²) in [7, 11) is 0. The molecule has 0 spiro atoms. The zero-order valence-corrected chi connectivity index (χ0v) is 16.6. The number of rotatable bonds is 5. The minimum absolute atomic E-state index is 0.123. The Morgan fingerprint density at radius 3 is 2.66 bits per heavy atom. The third kappa shape index (κ3) is 4.70. The summed E-state index contributed by atoms with van der Waals surface area (Å²) in [6, 6.07) is 3.70. The number of aromatic nitrogens is 4. The number of aryl methyl sites for hydroxylation is 1. The van der Waals surface area contributed by atoms with Crippen LogP contribution in [0.2, 0.25) is 0 Å². The van der Waals surface area contributed by atoms with Gasteiger partial charge >= 0.3 is 0 Å². The number of alkyl halides is 2. The van der Waals surface area contributed by atoms with Crippen LogP contribution in [0.4, 0.5) is 14.6 Å². The molecule has 0 aromatic carbocycles. The quantitative estimate of drug-likeness (QED) is 0.684. The second-order valence-electron chi connectivity index (χ2n) is 7.07. The van der Waals surface area contributed by atoms with E-state index in [0.29, 0.717) is 31.7 Å². The van der Waals surface area contributed by atoms with E-state index in [1.165, 1.54) is 11.3 Å². The number of pyridine rings is 2. The van der Waals surface area contributed by atoms with Gasteiger partial charge < -0.3 is 5.32 Å². The number of nitrogens with one attached hydrogen (secondary N) is 1.